The second kappa shape index (κ2) is 13.9. The van der Waals surface area contributed by atoms with Gasteiger partial charge in [-0.1, -0.05) is 6.92 Å². The van der Waals surface area contributed by atoms with E-state index in [4.69, 9.17) is 9.47 Å². The van der Waals surface area contributed by atoms with E-state index < -0.39 is 30.0 Å². The van der Waals surface area contributed by atoms with E-state index in [9.17, 15) is 23.9 Å². The summed E-state index contributed by atoms with van der Waals surface area (Å²) in [5.41, 5.74) is 1.56. The number of benzene rings is 3. The predicted octanol–water partition coefficient (Wildman–Crippen LogP) is 4.86. The van der Waals surface area contributed by atoms with Gasteiger partial charge >= 0.3 is 12.1 Å². The Morgan fingerprint density at radius 1 is 1.05 bits per heavy atom. The van der Waals surface area contributed by atoms with E-state index in [2.05, 4.69) is 16.0 Å². The molecule has 0 aliphatic carbocycles. The summed E-state index contributed by atoms with van der Waals surface area (Å²) in [6.07, 6.45) is -0.526. The average molecular weight is 594 g/mol. The van der Waals surface area contributed by atoms with Gasteiger partial charge in [-0.15, -0.1) is 0 Å². The molecule has 1 aliphatic heterocycles. The number of hydrogen-bond donors (Lipinski definition) is 4. The molecular formula is C31H36FN5O6. The topological polar surface area (TPSA) is 132 Å². The fourth-order valence-electron chi connectivity index (χ4n) is 4.59. The minimum atomic E-state index is -0.526. The van der Waals surface area contributed by atoms with Crippen LogP contribution >= 0.6 is 0 Å². The molecule has 11 nitrogen and oxygen atoms in total. The highest BCUT2D eigenvalue weighted by atomic mass is 19.1. The molecule has 5 amide bonds. The fraction of sp³-hybridized carbons (Fsp3) is 0.323. The van der Waals surface area contributed by atoms with E-state index in [1.54, 1.807) is 62.4 Å². The van der Waals surface area contributed by atoms with Gasteiger partial charge in [0.1, 0.15) is 23.4 Å². The van der Waals surface area contributed by atoms with Gasteiger partial charge in [0.2, 0.25) is 0 Å². The van der Waals surface area contributed by atoms with Gasteiger partial charge < -0.3 is 40.3 Å². The van der Waals surface area contributed by atoms with Crippen LogP contribution in [0.15, 0.2) is 66.7 Å². The average Bonchev–Trinajstić information content (AvgIpc) is 3.00. The number of amides is 5. The number of carbonyl (C=O) groups is 3. The van der Waals surface area contributed by atoms with Crippen LogP contribution in [0.4, 0.5) is 31.0 Å². The lowest BCUT2D eigenvalue weighted by Gasteiger charge is -2.38. The van der Waals surface area contributed by atoms with Crippen LogP contribution in [0.3, 0.4) is 0 Å². The van der Waals surface area contributed by atoms with Crippen LogP contribution in [0, 0.1) is 11.7 Å². The molecular weight excluding hydrogens is 557 g/mol. The van der Waals surface area contributed by atoms with Crippen molar-refractivity contribution in [1.82, 2.24) is 9.80 Å². The molecule has 0 radical (unpaired) electrons. The van der Waals surface area contributed by atoms with Gasteiger partial charge in [0, 0.05) is 36.6 Å². The second-order valence-electron chi connectivity index (χ2n) is 10.5. The molecule has 4 N–H and O–H groups in total. The zero-order valence-corrected chi connectivity index (χ0v) is 24.5. The highest BCUT2D eigenvalue weighted by molar-refractivity contribution is 6.02. The number of rotatable bonds is 8. The van der Waals surface area contributed by atoms with Crippen molar-refractivity contribution >= 4 is 35.0 Å². The lowest BCUT2D eigenvalue weighted by molar-refractivity contribution is 0.0371. The van der Waals surface area contributed by atoms with Gasteiger partial charge in [-0.25, -0.2) is 14.0 Å². The van der Waals surface area contributed by atoms with Crippen molar-refractivity contribution in [3.63, 3.8) is 0 Å². The Balaban J connectivity index is 1.53. The molecule has 43 heavy (non-hydrogen) atoms. The molecule has 4 rings (SSSR count). The summed E-state index contributed by atoms with van der Waals surface area (Å²) in [5, 5.41) is 18.1. The third-order valence-electron chi connectivity index (χ3n) is 7.17. The van der Waals surface area contributed by atoms with Crippen LogP contribution < -0.4 is 25.4 Å². The van der Waals surface area contributed by atoms with Crippen molar-refractivity contribution in [1.29, 1.82) is 0 Å². The molecule has 228 valence electrons. The van der Waals surface area contributed by atoms with E-state index >= 15 is 0 Å². The van der Waals surface area contributed by atoms with Crippen LogP contribution in [0.5, 0.6) is 11.5 Å². The van der Waals surface area contributed by atoms with Crippen LogP contribution in [0.25, 0.3) is 0 Å². The molecule has 1 aliphatic rings. The van der Waals surface area contributed by atoms with Crippen LogP contribution in [0.2, 0.25) is 0 Å². The zero-order valence-electron chi connectivity index (χ0n) is 24.5. The summed E-state index contributed by atoms with van der Waals surface area (Å²) < 4.78 is 24.7. The van der Waals surface area contributed by atoms with Crippen molar-refractivity contribution in [2.75, 3.05) is 49.8 Å². The maximum atomic E-state index is 13.7. The van der Waals surface area contributed by atoms with E-state index in [0.717, 1.165) is 0 Å². The number of methoxy groups -OCH3 is 1. The van der Waals surface area contributed by atoms with Crippen LogP contribution in [-0.4, -0.2) is 78.9 Å². The van der Waals surface area contributed by atoms with Gasteiger partial charge in [0.25, 0.3) is 5.91 Å². The standard InChI is InChI=1S/C31H36FN5O6/c1-19-16-37(20(2)18-38)29(39)26-15-24(34-30(40)33-22-9-12-25(42-4)13-10-22)11-14-27(26)43-28(19)17-36(3)31(41)35-23-7-5-21(32)6-8-23/h5-15,19-20,28,38H,16-18H2,1-4H3,(H,35,41)(H2,33,34,40)/t19-,20+,28-/m1/s1. The maximum absolute atomic E-state index is 13.7. The quantitative estimate of drug-likeness (QED) is 0.295. The highest BCUT2D eigenvalue weighted by Gasteiger charge is 2.34. The summed E-state index contributed by atoms with van der Waals surface area (Å²) in [4.78, 5) is 42.3. The Morgan fingerprint density at radius 3 is 2.30 bits per heavy atom. The van der Waals surface area contributed by atoms with Gasteiger partial charge in [0.15, 0.2) is 0 Å². The van der Waals surface area contributed by atoms with E-state index in [1.807, 2.05) is 6.92 Å². The number of aliphatic hydroxyl groups excluding tert-OH is 1. The number of likely N-dealkylation sites (N-methyl/N-ethyl adjacent to an activating group) is 1. The van der Waals surface area contributed by atoms with Gasteiger partial charge in [-0.05, 0) is 73.7 Å². The first-order valence-electron chi connectivity index (χ1n) is 13.8. The number of halogens is 1. The summed E-state index contributed by atoms with van der Waals surface area (Å²) in [6, 6.07) is 15.6. The molecule has 12 heteroatoms. The summed E-state index contributed by atoms with van der Waals surface area (Å²) in [5.74, 6) is -0.0526. The molecule has 0 bridgehead atoms. The third kappa shape index (κ3) is 7.92. The number of carbonyl (C=O) groups excluding carboxylic acids is 3. The summed E-state index contributed by atoms with van der Waals surface area (Å²) in [7, 11) is 3.17. The molecule has 3 atom stereocenters. The van der Waals surface area contributed by atoms with E-state index in [0.29, 0.717) is 22.8 Å². The van der Waals surface area contributed by atoms with Crippen LogP contribution in [0.1, 0.15) is 24.2 Å². The van der Waals surface area contributed by atoms with Gasteiger partial charge in [-0.3, -0.25) is 4.79 Å². The zero-order chi connectivity index (χ0) is 31.1. The molecule has 0 saturated heterocycles. The van der Waals surface area contributed by atoms with E-state index in [-0.39, 0.29) is 42.8 Å². The molecule has 3 aromatic rings. The van der Waals surface area contributed by atoms with E-state index in [1.165, 1.54) is 35.2 Å². The number of aliphatic hydroxyl groups is 1. The minimum Gasteiger partial charge on any atom is -0.497 e. The van der Waals surface area contributed by atoms with Crippen molar-refractivity contribution in [3.05, 3.63) is 78.1 Å². The minimum absolute atomic E-state index is 0.174. The molecule has 0 fully saturated rings. The van der Waals surface area contributed by atoms with Gasteiger partial charge in [-0.2, -0.15) is 0 Å². The Bertz CT molecular complexity index is 1440. The SMILES string of the molecule is COc1ccc(NC(=O)Nc2ccc3c(c2)C(=O)N([C@@H](C)CO)C[C@@H](C)[C@@H](CN(C)C(=O)Nc2ccc(F)cc2)O3)cc1. The molecule has 0 saturated carbocycles. The molecule has 0 spiro atoms. The number of hydrogen-bond acceptors (Lipinski definition) is 6. The number of nitrogens with one attached hydrogen (secondary N) is 3. The number of anilines is 3. The van der Waals surface area contributed by atoms with Gasteiger partial charge in [0.05, 0.1) is 31.9 Å². The first kappa shape index (κ1) is 31.1. The lowest BCUT2D eigenvalue weighted by atomic mass is 9.99. The molecule has 0 unspecified atom stereocenters. The molecule has 3 aromatic carbocycles. The van der Waals surface area contributed by atoms with Crippen molar-refractivity contribution in [2.24, 2.45) is 5.92 Å². The normalized spacial score (nSPS) is 17.0. The smallest absolute Gasteiger partial charge is 0.323 e. The first-order valence-corrected chi connectivity index (χ1v) is 13.8. The summed E-state index contributed by atoms with van der Waals surface area (Å²) >= 11 is 0. The lowest BCUT2D eigenvalue weighted by Crippen LogP contribution is -2.50. The number of nitrogens with zero attached hydrogens (tertiary/aromatic N) is 2. The van der Waals surface area contributed by atoms with Crippen molar-refractivity contribution in [2.45, 2.75) is 26.0 Å². The largest absolute Gasteiger partial charge is 0.497 e. The van der Waals surface area contributed by atoms with Crippen molar-refractivity contribution < 1.29 is 33.4 Å². The second-order valence-corrected chi connectivity index (χ2v) is 10.5. The number of fused-ring (bicyclic) bond motifs is 1. The Morgan fingerprint density at radius 2 is 1.65 bits per heavy atom. The van der Waals surface area contributed by atoms with Crippen LogP contribution in [-0.2, 0) is 0 Å². The molecule has 0 aromatic heterocycles. The first-order chi connectivity index (χ1) is 20.6. The Hall–Kier alpha value is -4.84. The monoisotopic (exact) mass is 593 g/mol. The predicted molar refractivity (Wildman–Crippen MR) is 161 cm³/mol. The third-order valence-corrected chi connectivity index (χ3v) is 7.17. The number of ether oxygens (including phenoxy) is 2. The highest BCUT2D eigenvalue weighted by Crippen LogP contribution is 2.31. The Kier molecular flexibility index (Phi) is 10.0. The Labute approximate surface area is 249 Å². The summed E-state index contributed by atoms with van der Waals surface area (Å²) in [6.45, 7) is 3.84. The fourth-order valence-corrected chi connectivity index (χ4v) is 4.59. The maximum Gasteiger partial charge on any atom is 0.323 e. The number of urea groups is 2. The molecule has 1 heterocycles. The van der Waals surface area contributed by atoms with Crippen molar-refractivity contribution in [3.8, 4) is 11.5 Å².